The summed E-state index contributed by atoms with van der Waals surface area (Å²) in [6.07, 6.45) is 1.21. The van der Waals surface area contributed by atoms with Gasteiger partial charge in [-0.3, -0.25) is 4.79 Å². The highest BCUT2D eigenvalue weighted by Crippen LogP contribution is 2.16. The maximum Gasteiger partial charge on any atom is 0.324 e. The molecule has 0 aromatic rings. The smallest absolute Gasteiger partial charge is 0.324 e. The molecular formula is C12H25N3O2. The van der Waals surface area contributed by atoms with Crippen LogP contribution in [0.3, 0.4) is 0 Å². The molecule has 1 aliphatic rings. The van der Waals surface area contributed by atoms with E-state index in [1.807, 2.05) is 7.05 Å². The quantitative estimate of drug-likeness (QED) is 0.684. The zero-order valence-electron chi connectivity index (χ0n) is 11.4. The van der Waals surface area contributed by atoms with Gasteiger partial charge in [0.15, 0.2) is 0 Å². The molecule has 0 spiro atoms. The van der Waals surface area contributed by atoms with Crippen LogP contribution in [-0.2, 0) is 4.79 Å². The maximum atomic E-state index is 11.2. The summed E-state index contributed by atoms with van der Waals surface area (Å²) in [5, 5.41) is 12.1. The number of carboxylic acids is 1. The molecule has 0 amide bonds. The van der Waals surface area contributed by atoms with E-state index >= 15 is 0 Å². The molecule has 0 aromatic heterocycles. The van der Waals surface area contributed by atoms with Crippen LogP contribution in [0.15, 0.2) is 0 Å². The van der Waals surface area contributed by atoms with Crippen molar-refractivity contribution in [3.63, 3.8) is 0 Å². The highest BCUT2D eigenvalue weighted by Gasteiger charge is 2.33. The van der Waals surface area contributed by atoms with Gasteiger partial charge in [-0.25, -0.2) is 0 Å². The van der Waals surface area contributed by atoms with Crippen LogP contribution in [0.25, 0.3) is 0 Å². The zero-order valence-corrected chi connectivity index (χ0v) is 11.4. The van der Waals surface area contributed by atoms with Crippen LogP contribution >= 0.6 is 0 Å². The van der Waals surface area contributed by atoms with Crippen molar-refractivity contribution in [2.45, 2.75) is 18.9 Å². The monoisotopic (exact) mass is 243 g/mol. The van der Waals surface area contributed by atoms with Gasteiger partial charge in [0.1, 0.15) is 5.54 Å². The first-order valence-electron chi connectivity index (χ1n) is 6.17. The Balaban J connectivity index is 2.43. The Morgan fingerprint density at radius 1 is 1.65 bits per heavy atom. The Kier molecular flexibility index (Phi) is 4.91. The normalized spacial score (nSPS) is 25.1. The highest BCUT2D eigenvalue weighted by molar-refractivity contribution is 5.78. The van der Waals surface area contributed by atoms with E-state index in [9.17, 15) is 9.90 Å². The molecule has 1 aliphatic heterocycles. The van der Waals surface area contributed by atoms with Crippen LogP contribution in [0, 0.1) is 5.92 Å². The number of likely N-dealkylation sites (tertiary alicyclic amines) is 1. The Labute approximate surface area is 104 Å². The van der Waals surface area contributed by atoms with Gasteiger partial charge in [-0.2, -0.15) is 0 Å². The minimum atomic E-state index is -0.862. The summed E-state index contributed by atoms with van der Waals surface area (Å²) in [4.78, 5) is 15.6. The molecule has 0 bridgehead atoms. The van der Waals surface area contributed by atoms with E-state index < -0.39 is 11.5 Å². The van der Waals surface area contributed by atoms with E-state index in [1.54, 1.807) is 14.0 Å². The summed E-state index contributed by atoms with van der Waals surface area (Å²) in [6, 6.07) is 0. The average Bonchev–Trinajstić information content (AvgIpc) is 2.63. The second-order valence-corrected chi connectivity index (χ2v) is 5.50. The first-order valence-corrected chi connectivity index (χ1v) is 6.17. The van der Waals surface area contributed by atoms with E-state index in [4.69, 9.17) is 0 Å². The Morgan fingerprint density at radius 3 is 2.71 bits per heavy atom. The van der Waals surface area contributed by atoms with E-state index in [2.05, 4.69) is 22.2 Å². The molecule has 0 aliphatic carbocycles. The lowest BCUT2D eigenvalue weighted by Crippen LogP contribution is -2.55. The van der Waals surface area contributed by atoms with Crippen LogP contribution < -0.4 is 5.32 Å². The molecule has 2 N–H and O–H groups in total. The summed E-state index contributed by atoms with van der Waals surface area (Å²) >= 11 is 0. The van der Waals surface area contributed by atoms with Crippen molar-refractivity contribution in [1.29, 1.82) is 0 Å². The molecule has 2 unspecified atom stereocenters. The lowest BCUT2D eigenvalue weighted by Gasteiger charge is -2.31. The van der Waals surface area contributed by atoms with E-state index in [-0.39, 0.29) is 0 Å². The van der Waals surface area contributed by atoms with Crippen molar-refractivity contribution in [2.75, 3.05) is 47.3 Å². The molecule has 5 nitrogen and oxygen atoms in total. The van der Waals surface area contributed by atoms with Crippen LogP contribution in [0.1, 0.15) is 13.3 Å². The van der Waals surface area contributed by atoms with E-state index in [0.29, 0.717) is 12.5 Å². The summed E-state index contributed by atoms with van der Waals surface area (Å²) in [5.41, 5.74) is -0.862. The standard InChI is InChI=1S/C12H25N3O2/c1-12(13-2,11(16)17)9-15(4)8-10-5-6-14(3)7-10/h10,13H,5-9H2,1-4H3,(H,16,17). The van der Waals surface area contributed by atoms with Gasteiger partial charge in [-0.1, -0.05) is 0 Å². The van der Waals surface area contributed by atoms with Crippen molar-refractivity contribution in [3.05, 3.63) is 0 Å². The minimum Gasteiger partial charge on any atom is -0.480 e. The Hall–Kier alpha value is -0.650. The number of nitrogens with zero attached hydrogens (tertiary/aromatic N) is 2. The number of likely N-dealkylation sites (N-methyl/N-ethyl adjacent to an activating group) is 2. The molecule has 0 radical (unpaired) electrons. The zero-order chi connectivity index (χ0) is 13.1. The first-order chi connectivity index (χ1) is 7.87. The van der Waals surface area contributed by atoms with Crippen LogP contribution in [0.4, 0.5) is 0 Å². The molecule has 1 rings (SSSR count). The molecule has 5 heteroatoms. The Bertz CT molecular complexity index is 272. The van der Waals surface area contributed by atoms with Crippen molar-refractivity contribution in [1.82, 2.24) is 15.1 Å². The fraction of sp³-hybridized carbons (Fsp3) is 0.917. The van der Waals surface area contributed by atoms with Crippen LogP contribution in [0.5, 0.6) is 0 Å². The van der Waals surface area contributed by atoms with Gasteiger partial charge in [-0.05, 0) is 47.0 Å². The number of hydrogen-bond acceptors (Lipinski definition) is 4. The fourth-order valence-electron chi connectivity index (χ4n) is 2.47. The average molecular weight is 243 g/mol. The summed E-state index contributed by atoms with van der Waals surface area (Å²) in [6.45, 7) is 5.49. The molecular weight excluding hydrogens is 218 g/mol. The summed E-state index contributed by atoms with van der Waals surface area (Å²) in [7, 11) is 5.83. The fourth-order valence-corrected chi connectivity index (χ4v) is 2.47. The number of carbonyl (C=O) groups is 1. The Morgan fingerprint density at radius 2 is 2.29 bits per heavy atom. The van der Waals surface area contributed by atoms with Crippen molar-refractivity contribution in [2.24, 2.45) is 5.92 Å². The molecule has 0 aromatic carbocycles. The second-order valence-electron chi connectivity index (χ2n) is 5.50. The summed E-state index contributed by atoms with van der Waals surface area (Å²) in [5.74, 6) is -0.129. The van der Waals surface area contributed by atoms with Gasteiger partial charge >= 0.3 is 5.97 Å². The third-order valence-electron chi connectivity index (χ3n) is 3.67. The number of aliphatic carboxylic acids is 1. The maximum absolute atomic E-state index is 11.2. The predicted molar refractivity (Wildman–Crippen MR) is 68.2 cm³/mol. The van der Waals surface area contributed by atoms with Gasteiger partial charge in [0, 0.05) is 19.6 Å². The molecule has 100 valence electrons. The minimum absolute atomic E-state index is 0.527. The molecule has 17 heavy (non-hydrogen) atoms. The number of nitrogens with one attached hydrogen (secondary N) is 1. The van der Waals surface area contributed by atoms with Gasteiger partial charge in [0.2, 0.25) is 0 Å². The van der Waals surface area contributed by atoms with Gasteiger partial charge in [0.05, 0.1) is 0 Å². The lowest BCUT2D eigenvalue weighted by atomic mass is 10.0. The number of hydrogen-bond donors (Lipinski definition) is 2. The number of carboxylic acid groups (broad SMARTS) is 1. The van der Waals surface area contributed by atoms with Crippen LogP contribution in [-0.4, -0.2) is 73.7 Å². The third-order valence-corrected chi connectivity index (χ3v) is 3.67. The first kappa shape index (κ1) is 14.4. The topological polar surface area (TPSA) is 55.8 Å². The van der Waals surface area contributed by atoms with Gasteiger partial charge in [0.25, 0.3) is 0 Å². The largest absolute Gasteiger partial charge is 0.480 e. The van der Waals surface area contributed by atoms with E-state index in [0.717, 1.165) is 19.6 Å². The molecule has 1 saturated heterocycles. The second kappa shape index (κ2) is 5.80. The lowest BCUT2D eigenvalue weighted by molar-refractivity contribution is -0.144. The van der Waals surface area contributed by atoms with Crippen LogP contribution in [0.2, 0.25) is 0 Å². The highest BCUT2D eigenvalue weighted by atomic mass is 16.4. The number of rotatable bonds is 6. The predicted octanol–water partition coefficient (Wildman–Crippen LogP) is -0.0674. The van der Waals surface area contributed by atoms with Gasteiger partial charge < -0.3 is 20.2 Å². The van der Waals surface area contributed by atoms with Crippen molar-refractivity contribution in [3.8, 4) is 0 Å². The molecule has 2 atom stereocenters. The molecule has 1 heterocycles. The van der Waals surface area contributed by atoms with E-state index in [1.165, 1.54) is 6.42 Å². The summed E-state index contributed by atoms with van der Waals surface area (Å²) < 4.78 is 0. The molecule has 1 fully saturated rings. The van der Waals surface area contributed by atoms with Crippen molar-refractivity contribution >= 4 is 5.97 Å². The van der Waals surface area contributed by atoms with Crippen molar-refractivity contribution < 1.29 is 9.90 Å². The third kappa shape index (κ3) is 3.94. The molecule has 0 saturated carbocycles. The van der Waals surface area contributed by atoms with Gasteiger partial charge in [-0.15, -0.1) is 0 Å². The SMILES string of the molecule is CNC(C)(CN(C)CC1CCN(C)C1)C(=O)O.